The van der Waals surface area contributed by atoms with Gasteiger partial charge in [-0.2, -0.15) is 5.10 Å². The van der Waals surface area contributed by atoms with Crippen LogP contribution in [0.25, 0.3) is 22.6 Å². The number of hydrogen-bond donors (Lipinski definition) is 2. The summed E-state index contributed by atoms with van der Waals surface area (Å²) in [5.41, 5.74) is 6.71. The van der Waals surface area contributed by atoms with Crippen molar-refractivity contribution in [3.63, 3.8) is 0 Å². The summed E-state index contributed by atoms with van der Waals surface area (Å²) in [4.78, 5) is 19.0. The van der Waals surface area contributed by atoms with E-state index in [2.05, 4.69) is 25.0 Å². The Labute approximate surface area is 233 Å². The quantitative estimate of drug-likeness (QED) is 0.295. The fraction of sp³-hybridized carbons (Fsp3) is 0.250. The van der Waals surface area contributed by atoms with E-state index in [0.29, 0.717) is 42.2 Å². The first-order chi connectivity index (χ1) is 19.8. The van der Waals surface area contributed by atoms with Gasteiger partial charge in [0.1, 0.15) is 35.7 Å². The Morgan fingerprint density at radius 3 is 2.51 bits per heavy atom. The fourth-order valence-electron chi connectivity index (χ4n) is 5.44. The summed E-state index contributed by atoms with van der Waals surface area (Å²) < 4.78 is 45.7. The lowest BCUT2D eigenvalue weighted by Gasteiger charge is -2.33. The SMILES string of the molecule is Nc1nccc(-c2c(-c3ccc(F)cc3)ncn2[C@@H]2CCN(C[C@](O)(Cn3cncn3)c3ccc(F)cc3F)C2)n1. The monoisotopic (exact) mass is 561 g/mol. The molecule has 210 valence electrons. The molecule has 0 unspecified atom stereocenters. The summed E-state index contributed by atoms with van der Waals surface area (Å²) in [6.45, 7) is 1.06. The summed E-state index contributed by atoms with van der Waals surface area (Å²) in [5.74, 6) is -1.83. The third kappa shape index (κ3) is 5.41. The predicted octanol–water partition coefficient (Wildman–Crippen LogP) is 3.43. The number of β-amino-alcohol motifs (C(OH)–C–C–N with tert-alkyl or cyclic N) is 1. The molecule has 41 heavy (non-hydrogen) atoms. The Balaban J connectivity index is 1.32. The molecular weight excluding hydrogens is 535 g/mol. The number of nitrogen functional groups attached to an aromatic ring is 1. The number of nitrogens with zero attached hydrogens (tertiary/aromatic N) is 8. The highest BCUT2D eigenvalue weighted by Gasteiger charge is 2.38. The highest BCUT2D eigenvalue weighted by atomic mass is 19.1. The predicted molar refractivity (Wildman–Crippen MR) is 143 cm³/mol. The summed E-state index contributed by atoms with van der Waals surface area (Å²) in [7, 11) is 0. The number of nitrogens with two attached hydrogens (primary N) is 1. The topological polar surface area (TPSA) is 124 Å². The first-order valence-electron chi connectivity index (χ1n) is 12.9. The second-order valence-corrected chi connectivity index (χ2v) is 10.1. The number of imidazole rings is 1. The van der Waals surface area contributed by atoms with Crippen LogP contribution < -0.4 is 5.73 Å². The smallest absolute Gasteiger partial charge is 0.220 e. The molecule has 0 spiro atoms. The second-order valence-electron chi connectivity index (χ2n) is 10.1. The van der Waals surface area contributed by atoms with Crippen LogP contribution in [-0.4, -0.2) is 63.9 Å². The van der Waals surface area contributed by atoms with E-state index in [4.69, 9.17) is 5.73 Å². The summed E-state index contributed by atoms with van der Waals surface area (Å²) in [6, 6.07) is 10.8. The van der Waals surface area contributed by atoms with E-state index in [9.17, 15) is 18.3 Å². The highest BCUT2D eigenvalue weighted by molar-refractivity contribution is 5.77. The molecule has 2 aromatic carbocycles. The van der Waals surface area contributed by atoms with Crippen molar-refractivity contribution >= 4 is 5.95 Å². The Kier molecular flexibility index (Phi) is 6.97. The van der Waals surface area contributed by atoms with Gasteiger partial charge in [0.15, 0.2) is 0 Å². The van der Waals surface area contributed by atoms with Crippen LogP contribution in [0.1, 0.15) is 18.0 Å². The maximum absolute atomic E-state index is 14.9. The average molecular weight is 562 g/mol. The number of hydrogen-bond acceptors (Lipinski definition) is 8. The minimum atomic E-state index is -1.72. The molecule has 4 heterocycles. The molecule has 1 saturated heterocycles. The van der Waals surface area contributed by atoms with Crippen LogP contribution >= 0.6 is 0 Å². The molecule has 1 aliphatic heterocycles. The molecule has 0 bridgehead atoms. The largest absolute Gasteiger partial charge is 0.382 e. The Morgan fingerprint density at radius 1 is 0.976 bits per heavy atom. The van der Waals surface area contributed by atoms with Gasteiger partial charge in [0.05, 0.1) is 30.0 Å². The van der Waals surface area contributed by atoms with Gasteiger partial charge in [0, 0.05) is 49.1 Å². The minimum Gasteiger partial charge on any atom is -0.382 e. The van der Waals surface area contributed by atoms with Crippen LogP contribution in [0.15, 0.2) is 73.7 Å². The van der Waals surface area contributed by atoms with Gasteiger partial charge in [-0.3, -0.25) is 4.90 Å². The zero-order valence-electron chi connectivity index (χ0n) is 21.8. The van der Waals surface area contributed by atoms with Gasteiger partial charge < -0.3 is 15.4 Å². The molecule has 0 saturated carbocycles. The molecule has 3 aromatic heterocycles. The molecule has 13 heteroatoms. The van der Waals surface area contributed by atoms with Crippen molar-refractivity contribution in [1.82, 2.24) is 39.2 Å². The number of aromatic nitrogens is 7. The summed E-state index contributed by atoms with van der Waals surface area (Å²) >= 11 is 0. The number of halogens is 3. The third-order valence-electron chi connectivity index (χ3n) is 7.28. The lowest BCUT2D eigenvalue weighted by atomic mass is 9.92. The second kappa shape index (κ2) is 10.7. The zero-order chi connectivity index (χ0) is 28.6. The Morgan fingerprint density at radius 2 is 1.78 bits per heavy atom. The van der Waals surface area contributed by atoms with Crippen molar-refractivity contribution in [2.24, 2.45) is 0 Å². The van der Waals surface area contributed by atoms with Crippen LogP contribution in [0.3, 0.4) is 0 Å². The zero-order valence-corrected chi connectivity index (χ0v) is 21.8. The average Bonchev–Trinajstić information content (AvgIpc) is 3.70. The lowest BCUT2D eigenvalue weighted by molar-refractivity contribution is -0.0170. The van der Waals surface area contributed by atoms with Crippen molar-refractivity contribution in [3.05, 3.63) is 96.7 Å². The maximum atomic E-state index is 14.9. The number of aliphatic hydroxyl groups is 1. The number of likely N-dealkylation sites (tertiary alicyclic amines) is 1. The van der Waals surface area contributed by atoms with E-state index in [-0.39, 0.29) is 36.5 Å². The first kappa shape index (κ1) is 26.6. The molecule has 6 rings (SSSR count). The van der Waals surface area contributed by atoms with Gasteiger partial charge in [0.2, 0.25) is 5.95 Å². The Hall–Kier alpha value is -4.62. The van der Waals surface area contributed by atoms with Crippen molar-refractivity contribution in [1.29, 1.82) is 0 Å². The van der Waals surface area contributed by atoms with Crippen molar-refractivity contribution in [2.75, 3.05) is 25.4 Å². The molecule has 3 N–H and O–H groups in total. The number of rotatable bonds is 8. The van der Waals surface area contributed by atoms with Gasteiger partial charge in [0.25, 0.3) is 0 Å². The van der Waals surface area contributed by atoms with E-state index in [0.717, 1.165) is 12.1 Å². The van der Waals surface area contributed by atoms with E-state index >= 15 is 0 Å². The van der Waals surface area contributed by atoms with E-state index in [1.54, 1.807) is 30.7 Å². The van der Waals surface area contributed by atoms with Crippen LogP contribution in [0, 0.1) is 17.5 Å². The van der Waals surface area contributed by atoms with Crippen LogP contribution in [0.2, 0.25) is 0 Å². The third-order valence-corrected chi connectivity index (χ3v) is 7.28. The van der Waals surface area contributed by atoms with Gasteiger partial charge in [-0.05, 0) is 42.8 Å². The van der Waals surface area contributed by atoms with Gasteiger partial charge >= 0.3 is 0 Å². The van der Waals surface area contributed by atoms with Crippen molar-refractivity contribution in [2.45, 2.75) is 24.6 Å². The van der Waals surface area contributed by atoms with E-state index in [1.165, 1.54) is 35.5 Å². The highest BCUT2D eigenvalue weighted by Crippen LogP contribution is 2.36. The maximum Gasteiger partial charge on any atom is 0.220 e. The molecule has 0 radical (unpaired) electrons. The van der Waals surface area contributed by atoms with Crippen LogP contribution in [-0.2, 0) is 12.1 Å². The number of benzene rings is 2. The standard InChI is InChI=1S/C28H26F3N9O/c29-19-3-1-18(2-4-19)25-26(24-7-9-34-27(32)37-24)40(17-35-25)21-8-10-38(12-21)13-28(41,14-39-16-33-15-36-39)22-6-5-20(30)11-23(22)31/h1-7,9,11,15-17,21,41H,8,10,12-14H2,(H2,32,34,37)/t21-,28+/m1/s1. The van der Waals surface area contributed by atoms with Gasteiger partial charge in [-0.15, -0.1) is 0 Å². The normalized spacial score (nSPS) is 17.1. The fourth-order valence-corrected chi connectivity index (χ4v) is 5.44. The molecule has 0 aliphatic carbocycles. The molecule has 5 aromatic rings. The Bertz CT molecular complexity index is 1660. The van der Waals surface area contributed by atoms with E-state index < -0.39 is 17.2 Å². The first-order valence-corrected chi connectivity index (χ1v) is 12.9. The van der Waals surface area contributed by atoms with Crippen molar-refractivity contribution < 1.29 is 18.3 Å². The minimum absolute atomic E-state index is 0.0313. The van der Waals surface area contributed by atoms with Gasteiger partial charge in [-0.1, -0.05) is 6.07 Å². The van der Waals surface area contributed by atoms with Gasteiger partial charge in [-0.25, -0.2) is 37.8 Å². The molecule has 1 aliphatic rings. The summed E-state index contributed by atoms with van der Waals surface area (Å²) in [5, 5.41) is 15.9. The van der Waals surface area contributed by atoms with Crippen LogP contribution in [0.4, 0.5) is 19.1 Å². The lowest BCUT2D eigenvalue weighted by Crippen LogP contribution is -2.44. The van der Waals surface area contributed by atoms with Crippen molar-refractivity contribution in [3.8, 4) is 22.6 Å². The summed E-state index contributed by atoms with van der Waals surface area (Å²) in [6.07, 6.45) is 6.72. The molecular formula is C28H26F3N9O. The van der Waals surface area contributed by atoms with E-state index in [1.807, 2.05) is 9.47 Å². The molecule has 2 atom stereocenters. The number of anilines is 1. The molecule has 0 amide bonds. The molecule has 1 fully saturated rings. The van der Waals surface area contributed by atoms with Crippen LogP contribution in [0.5, 0.6) is 0 Å². The molecule has 10 nitrogen and oxygen atoms in total.